The van der Waals surface area contributed by atoms with Crippen LogP contribution in [0.5, 0.6) is 5.75 Å². The number of ether oxygens (including phenoxy) is 1. The van der Waals surface area contributed by atoms with Crippen molar-refractivity contribution in [2.24, 2.45) is 0 Å². The fraction of sp³-hybridized carbons (Fsp3) is 0.344. The number of quaternary nitrogens is 1. The third kappa shape index (κ3) is 10.1. The van der Waals surface area contributed by atoms with Crippen molar-refractivity contribution in [3.8, 4) is 17.6 Å². The fourth-order valence-electron chi connectivity index (χ4n) is 3.93. The smallest absolute Gasteiger partial charge is 0.416 e. The number of benzene rings is 3. The van der Waals surface area contributed by atoms with E-state index in [4.69, 9.17) is 9.57 Å². The van der Waals surface area contributed by atoms with E-state index >= 15 is 0 Å². The highest BCUT2D eigenvalue weighted by Crippen LogP contribution is 2.30. The zero-order chi connectivity index (χ0) is 29.0. The maximum atomic E-state index is 13.6. The summed E-state index contributed by atoms with van der Waals surface area (Å²) in [4.78, 5) is 16.1. The molecule has 0 aliphatic carbocycles. The topological polar surface area (TPSA) is 58.6 Å². The van der Waals surface area contributed by atoms with Crippen LogP contribution in [0, 0.1) is 17.0 Å². The van der Waals surface area contributed by atoms with Crippen LogP contribution in [0.25, 0.3) is 0 Å². The number of halogens is 3. The summed E-state index contributed by atoms with van der Waals surface area (Å²) >= 11 is 0. The summed E-state index contributed by atoms with van der Waals surface area (Å²) in [7, 11) is 0. The van der Waals surface area contributed by atoms with Crippen molar-refractivity contribution in [2.75, 3.05) is 6.61 Å². The van der Waals surface area contributed by atoms with Crippen LogP contribution in [0.15, 0.2) is 72.8 Å². The fourth-order valence-corrected chi connectivity index (χ4v) is 3.93. The lowest BCUT2D eigenvalue weighted by atomic mass is 10.1. The van der Waals surface area contributed by atoms with Gasteiger partial charge >= 0.3 is 12.1 Å². The van der Waals surface area contributed by atoms with Gasteiger partial charge in [-0.15, -0.1) is 0 Å². The van der Waals surface area contributed by atoms with E-state index in [9.17, 15) is 23.2 Å². The van der Waals surface area contributed by atoms with E-state index in [0.717, 1.165) is 48.3 Å². The molecule has 0 bridgehead atoms. The minimum atomic E-state index is -4.48. The number of alkyl halides is 3. The molecule has 0 saturated carbocycles. The SMILES string of the molecule is CCCCCOc1ccc(C#Cc2ccc(C[N+]([O-])(Cc3ccc(C(F)(F)F)cc3)OC(=O)CCC)cc2)cc1. The van der Waals surface area contributed by atoms with Gasteiger partial charge in [-0.25, -0.2) is 4.79 Å². The van der Waals surface area contributed by atoms with Gasteiger partial charge in [-0.2, -0.15) is 18.0 Å². The van der Waals surface area contributed by atoms with Gasteiger partial charge in [-0.05, 0) is 61.4 Å². The summed E-state index contributed by atoms with van der Waals surface area (Å²) in [5, 5.41) is 13.6. The van der Waals surface area contributed by atoms with Gasteiger partial charge in [0.2, 0.25) is 0 Å². The second kappa shape index (κ2) is 14.5. The summed E-state index contributed by atoms with van der Waals surface area (Å²) < 4.78 is 44.5. The van der Waals surface area contributed by atoms with Gasteiger partial charge in [0, 0.05) is 22.3 Å². The number of hydrogen-bond donors (Lipinski definition) is 0. The highest BCUT2D eigenvalue weighted by atomic mass is 19.4. The van der Waals surface area contributed by atoms with Crippen LogP contribution in [-0.4, -0.2) is 17.4 Å². The van der Waals surface area contributed by atoms with Crippen molar-refractivity contribution in [3.05, 3.63) is 106 Å². The average Bonchev–Trinajstić information content (AvgIpc) is 2.91. The van der Waals surface area contributed by atoms with Gasteiger partial charge < -0.3 is 9.94 Å². The Hall–Kier alpha value is -3.80. The van der Waals surface area contributed by atoms with Crippen LogP contribution in [-0.2, 0) is 28.9 Å². The Morgan fingerprint density at radius 2 is 1.32 bits per heavy atom. The van der Waals surface area contributed by atoms with Crippen LogP contribution in [0.1, 0.15) is 73.8 Å². The minimum Gasteiger partial charge on any atom is -0.589 e. The van der Waals surface area contributed by atoms with Crippen LogP contribution in [0.2, 0.25) is 0 Å². The van der Waals surface area contributed by atoms with E-state index in [-0.39, 0.29) is 19.5 Å². The molecule has 212 valence electrons. The second-order valence-corrected chi connectivity index (χ2v) is 9.57. The Morgan fingerprint density at radius 1 is 0.800 bits per heavy atom. The molecule has 1 atom stereocenters. The van der Waals surface area contributed by atoms with Crippen LogP contribution >= 0.6 is 0 Å². The molecule has 0 spiro atoms. The van der Waals surface area contributed by atoms with Crippen molar-refractivity contribution < 1.29 is 32.3 Å². The Labute approximate surface area is 233 Å². The molecule has 40 heavy (non-hydrogen) atoms. The summed E-state index contributed by atoms with van der Waals surface area (Å²) in [6.45, 7) is 4.09. The first-order valence-corrected chi connectivity index (χ1v) is 13.4. The summed E-state index contributed by atoms with van der Waals surface area (Å²) in [5.74, 6) is 6.33. The molecule has 0 N–H and O–H groups in total. The van der Waals surface area contributed by atoms with Crippen molar-refractivity contribution in [2.45, 2.75) is 65.2 Å². The number of hydroxylamine groups is 4. The monoisotopic (exact) mass is 553 g/mol. The molecule has 1 unspecified atom stereocenters. The second-order valence-electron chi connectivity index (χ2n) is 9.57. The van der Waals surface area contributed by atoms with Crippen LogP contribution in [0.3, 0.4) is 0 Å². The standard InChI is InChI=1S/C32H34F3NO4/c1-3-5-6-22-39-30-20-16-26(17-21-30)9-8-25-10-12-27(13-11-25)23-36(38,40-31(37)7-4-2)24-28-14-18-29(19-15-28)32(33,34)35/h10-21H,3-7,22-24H2,1-2H3. The van der Waals surface area contributed by atoms with Gasteiger partial charge in [-0.1, -0.05) is 62.8 Å². The summed E-state index contributed by atoms with van der Waals surface area (Å²) in [6.07, 6.45) is -0.606. The molecule has 0 radical (unpaired) electrons. The van der Waals surface area contributed by atoms with E-state index in [1.807, 2.05) is 24.3 Å². The molecule has 3 aromatic rings. The maximum Gasteiger partial charge on any atom is 0.416 e. The molecule has 0 amide bonds. The lowest BCUT2D eigenvalue weighted by Crippen LogP contribution is -2.42. The lowest BCUT2D eigenvalue weighted by molar-refractivity contribution is -1.07. The zero-order valence-corrected chi connectivity index (χ0v) is 22.8. The summed E-state index contributed by atoms with van der Waals surface area (Å²) in [5.41, 5.74) is 1.68. The van der Waals surface area contributed by atoms with Crippen LogP contribution < -0.4 is 4.74 Å². The molecule has 5 nitrogen and oxygen atoms in total. The highest BCUT2D eigenvalue weighted by Gasteiger charge is 2.31. The molecule has 0 aromatic heterocycles. The molecule has 8 heteroatoms. The predicted molar refractivity (Wildman–Crippen MR) is 147 cm³/mol. The maximum absolute atomic E-state index is 13.6. The zero-order valence-electron chi connectivity index (χ0n) is 22.8. The van der Waals surface area contributed by atoms with Crippen LogP contribution in [0.4, 0.5) is 13.2 Å². The lowest BCUT2D eigenvalue weighted by Gasteiger charge is -2.38. The molecule has 0 fully saturated rings. The first-order valence-electron chi connectivity index (χ1n) is 13.4. The minimum absolute atomic E-state index is 0.0652. The normalized spacial score (nSPS) is 12.7. The number of carbonyl (C=O) groups is 1. The molecule has 0 aliphatic heterocycles. The average molecular weight is 554 g/mol. The Morgan fingerprint density at radius 3 is 1.82 bits per heavy atom. The quantitative estimate of drug-likeness (QED) is 0.0989. The largest absolute Gasteiger partial charge is 0.589 e. The molecule has 0 saturated heterocycles. The molecule has 3 rings (SSSR count). The van der Waals surface area contributed by atoms with Crippen molar-refractivity contribution >= 4 is 5.97 Å². The van der Waals surface area contributed by atoms with Gasteiger partial charge in [0.1, 0.15) is 18.8 Å². The van der Waals surface area contributed by atoms with E-state index in [2.05, 4.69) is 18.8 Å². The van der Waals surface area contributed by atoms with Gasteiger partial charge in [0.25, 0.3) is 0 Å². The number of unbranched alkanes of at least 4 members (excludes halogenated alkanes) is 2. The summed E-state index contributed by atoms with van der Waals surface area (Å²) in [6, 6.07) is 18.8. The highest BCUT2D eigenvalue weighted by molar-refractivity contribution is 5.68. The predicted octanol–water partition coefficient (Wildman–Crippen LogP) is 7.95. The van der Waals surface area contributed by atoms with Gasteiger partial charge in [-0.3, -0.25) is 4.84 Å². The number of carbonyl (C=O) groups excluding carboxylic acids is 1. The molecule has 0 heterocycles. The van der Waals surface area contributed by atoms with Gasteiger partial charge in [0.05, 0.1) is 18.6 Å². The molecule has 3 aromatic carbocycles. The molecular weight excluding hydrogens is 519 g/mol. The van der Waals surface area contributed by atoms with Crippen molar-refractivity contribution in [3.63, 3.8) is 0 Å². The van der Waals surface area contributed by atoms with Crippen molar-refractivity contribution in [1.29, 1.82) is 0 Å². The first-order chi connectivity index (χ1) is 19.1. The molecular formula is C32H34F3NO4. The van der Waals surface area contributed by atoms with Gasteiger partial charge in [0.15, 0.2) is 0 Å². The van der Waals surface area contributed by atoms with E-state index in [1.54, 1.807) is 31.2 Å². The Bertz CT molecular complexity index is 1280. The third-order valence-electron chi connectivity index (χ3n) is 6.03. The number of hydrogen-bond acceptors (Lipinski definition) is 4. The molecule has 0 aliphatic rings. The van der Waals surface area contributed by atoms with E-state index < -0.39 is 22.5 Å². The number of rotatable bonds is 12. The first kappa shape index (κ1) is 30.7. The van der Waals surface area contributed by atoms with E-state index in [0.29, 0.717) is 24.2 Å². The van der Waals surface area contributed by atoms with Crippen molar-refractivity contribution in [1.82, 2.24) is 0 Å². The third-order valence-corrected chi connectivity index (χ3v) is 6.03. The Balaban J connectivity index is 1.68. The number of nitrogens with zero attached hydrogens (tertiary/aromatic N) is 1. The Kier molecular flexibility index (Phi) is 11.2. The van der Waals surface area contributed by atoms with E-state index in [1.165, 1.54) is 12.1 Å².